The van der Waals surface area contributed by atoms with Crippen LogP contribution >= 0.6 is 0 Å². The number of aliphatic hydroxyl groups is 1. The van der Waals surface area contributed by atoms with Gasteiger partial charge in [0.2, 0.25) is 0 Å². The molecular weight excluding hydrogens is 280 g/mol. The predicted octanol–water partition coefficient (Wildman–Crippen LogP) is 0.481. The summed E-state index contributed by atoms with van der Waals surface area (Å²) in [5.41, 5.74) is 0. The molecule has 4 atom stereocenters. The normalized spacial score (nSPS) is 37.0. The van der Waals surface area contributed by atoms with Crippen LogP contribution < -0.4 is 4.72 Å². The van der Waals surface area contributed by atoms with Crippen LogP contribution in [0.5, 0.6) is 0 Å². The Labute approximate surface area is 121 Å². The summed E-state index contributed by atoms with van der Waals surface area (Å²) < 4.78 is 34.3. The van der Waals surface area contributed by atoms with Gasteiger partial charge in [-0.3, -0.25) is 0 Å². The summed E-state index contributed by atoms with van der Waals surface area (Å²) in [7, 11) is -3.48. The Bertz CT molecular complexity index is 405. The van der Waals surface area contributed by atoms with E-state index in [-0.39, 0.29) is 24.2 Å². The van der Waals surface area contributed by atoms with Crippen molar-refractivity contribution in [3.8, 4) is 0 Å². The zero-order valence-electron chi connectivity index (χ0n) is 12.3. The molecular formula is C13H26N2O4S. The third kappa shape index (κ3) is 4.14. The predicted molar refractivity (Wildman–Crippen MR) is 76.5 cm³/mol. The Morgan fingerprint density at radius 2 is 1.80 bits per heavy atom. The van der Waals surface area contributed by atoms with Crippen LogP contribution in [-0.2, 0) is 14.9 Å². The number of rotatable bonds is 4. The summed E-state index contributed by atoms with van der Waals surface area (Å²) in [6, 6.07) is 0. The van der Waals surface area contributed by atoms with Crippen molar-refractivity contribution in [1.29, 1.82) is 0 Å². The fourth-order valence-electron chi connectivity index (χ4n) is 3.06. The van der Waals surface area contributed by atoms with E-state index in [2.05, 4.69) is 4.72 Å². The van der Waals surface area contributed by atoms with Gasteiger partial charge in [-0.05, 0) is 32.6 Å². The minimum Gasteiger partial charge on any atom is -0.393 e. The second-order valence-electron chi connectivity index (χ2n) is 6.04. The van der Waals surface area contributed by atoms with Crippen LogP contribution in [0, 0.1) is 5.92 Å². The molecule has 1 heterocycles. The highest BCUT2D eigenvalue weighted by molar-refractivity contribution is 7.87. The highest BCUT2D eigenvalue weighted by Crippen LogP contribution is 2.24. The summed E-state index contributed by atoms with van der Waals surface area (Å²) in [6.45, 7) is 4.84. The first-order valence-electron chi connectivity index (χ1n) is 7.46. The van der Waals surface area contributed by atoms with E-state index in [1.165, 1.54) is 4.31 Å². The van der Waals surface area contributed by atoms with Gasteiger partial charge in [0.05, 0.1) is 18.3 Å². The molecule has 1 saturated carbocycles. The maximum Gasteiger partial charge on any atom is 0.279 e. The first-order chi connectivity index (χ1) is 9.38. The molecule has 0 spiro atoms. The van der Waals surface area contributed by atoms with Gasteiger partial charge in [0.25, 0.3) is 10.2 Å². The summed E-state index contributed by atoms with van der Waals surface area (Å²) in [5.74, 6) is 0.0365. The third-order valence-corrected chi connectivity index (χ3v) is 5.63. The van der Waals surface area contributed by atoms with E-state index in [9.17, 15) is 13.5 Å². The first kappa shape index (κ1) is 16.2. The van der Waals surface area contributed by atoms with Crippen molar-refractivity contribution in [2.45, 2.75) is 57.8 Å². The number of hydrogen-bond donors (Lipinski definition) is 2. The van der Waals surface area contributed by atoms with Crippen molar-refractivity contribution in [3.05, 3.63) is 0 Å². The van der Waals surface area contributed by atoms with Crippen LogP contribution in [0.2, 0.25) is 0 Å². The molecule has 2 N–H and O–H groups in total. The van der Waals surface area contributed by atoms with Gasteiger partial charge < -0.3 is 9.84 Å². The Kier molecular flexibility index (Phi) is 5.42. The van der Waals surface area contributed by atoms with E-state index in [1.54, 1.807) is 0 Å². The second-order valence-corrected chi connectivity index (χ2v) is 7.79. The Morgan fingerprint density at radius 1 is 1.20 bits per heavy atom. The lowest BCUT2D eigenvalue weighted by molar-refractivity contribution is -0.0444. The Hall–Kier alpha value is -0.210. The van der Waals surface area contributed by atoms with Gasteiger partial charge in [-0.15, -0.1) is 0 Å². The zero-order chi connectivity index (χ0) is 14.8. The van der Waals surface area contributed by atoms with Gasteiger partial charge in [-0.2, -0.15) is 12.7 Å². The van der Waals surface area contributed by atoms with Crippen LogP contribution in [0.15, 0.2) is 0 Å². The molecule has 0 bridgehead atoms. The molecule has 6 nitrogen and oxygen atoms in total. The highest BCUT2D eigenvalue weighted by Gasteiger charge is 2.32. The zero-order valence-corrected chi connectivity index (χ0v) is 13.1. The molecule has 20 heavy (non-hydrogen) atoms. The molecule has 2 aliphatic rings. The first-order valence-corrected chi connectivity index (χ1v) is 8.90. The Balaban J connectivity index is 1.90. The minimum atomic E-state index is -3.48. The van der Waals surface area contributed by atoms with Crippen LogP contribution in [-0.4, -0.2) is 55.8 Å². The average molecular weight is 306 g/mol. The molecule has 0 aromatic carbocycles. The van der Waals surface area contributed by atoms with E-state index >= 15 is 0 Å². The van der Waals surface area contributed by atoms with Crippen LogP contribution in [0.4, 0.5) is 0 Å². The summed E-state index contributed by atoms with van der Waals surface area (Å²) in [4.78, 5) is 0. The van der Waals surface area contributed by atoms with E-state index in [4.69, 9.17) is 4.74 Å². The smallest absolute Gasteiger partial charge is 0.279 e. The fraction of sp³-hybridized carbons (Fsp3) is 1.00. The minimum absolute atomic E-state index is 0.0365. The number of hydrogen-bond acceptors (Lipinski definition) is 4. The SMILES string of the molecule is CC1CN(S(=O)(=O)NCC2CCCCC2O)CC(C)O1. The van der Waals surface area contributed by atoms with Crippen molar-refractivity contribution in [2.24, 2.45) is 5.92 Å². The van der Waals surface area contributed by atoms with Crippen molar-refractivity contribution < 1.29 is 18.3 Å². The lowest BCUT2D eigenvalue weighted by Gasteiger charge is -2.35. The third-order valence-electron chi connectivity index (χ3n) is 4.12. The topological polar surface area (TPSA) is 78.9 Å². The molecule has 0 amide bonds. The fourth-order valence-corrected chi connectivity index (χ4v) is 4.48. The van der Waals surface area contributed by atoms with Gasteiger partial charge >= 0.3 is 0 Å². The van der Waals surface area contributed by atoms with Crippen molar-refractivity contribution >= 4 is 10.2 Å². The molecule has 1 saturated heterocycles. The van der Waals surface area contributed by atoms with E-state index in [0.29, 0.717) is 19.6 Å². The van der Waals surface area contributed by atoms with Gasteiger partial charge in [0, 0.05) is 19.6 Å². The molecule has 7 heteroatoms. The number of nitrogens with zero attached hydrogens (tertiary/aromatic N) is 1. The molecule has 0 radical (unpaired) electrons. The van der Waals surface area contributed by atoms with E-state index < -0.39 is 10.2 Å². The molecule has 1 aliphatic heterocycles. The number of nitrogens with one attached hydrogen (secondary N) is 1. The monoisotopic (exact) mass is 306 g/mol. The summed E-state index contributed by atoms with van der Waals surface area (Å²) in [6.07, 6.45) is 3.20. The maximum absolute atomic E-state index is 12.3. The van der Waals surface area contributed by atoms with E-state index in [1.807, 2.05) is 13.8 Å². The molecule has 2 rings (SSSR count). The van der Waals surface area contributed by atoms with Crippen molar-refractivity contribution in [1.82, 2.24) is 9.03 Å². The largest absolute Gasteiger partial charge is 0.393 e. The molecule has 2 fully saturated rings. The maximum atomic E-state index is 12.3. The standard InChI is InChI=1S/C13H26N2O4S/c1-10-8-15(9-11(2)19-10)20(17,18)14-7-12-5-3-4-6-13(12)16/h10-14,16H,3-9H2,1-2H3. The summed E-state index contributed by atoms with van der Waals surface area (Å²) in [5, 5.41) is 9.89. The molecule has 0 aromatic rings. The second kappa shape index (κ2) is 6.70. The number of aliphatic hydroxyl groups excluding tert-OH is 1. The molecule has 1 aliphatic carbocycles. The lowest BCUT2D eigenvalue weighted by atomic mass is 9.87. The number of ether oxygens (including phenoxy) is 1. The molecule has 0 aromatic heterocycles. The number of morpholine rings is 1. The molecule has 4 unspecified atom stereocenters. The highest BCUT2D eigenvalue weighted by atomic mass is 32.2. The van der Waals surface area contributed by atoms with Crippen molar-refractivity contribution in [2.75, 3.05) is 19.6 Å². The van der Waals surface area contributed by atoms with Crippen molar-refractivity contribution in [3.63, 3.8) is 0 Å². The van der Waals surface area contributed by atoms with Crippen LogP contribution in [0.3, 0.4) is 0 Å². The van der Waals surface area contributed by atoms with Crippen LogP contribution in [0.1, 0.15) is 39.5 Å². The summed E-state index contributed by atoms with van der Waals surface area (Å²) >= 11 is 0. The van der Waals surface area contributed by atoms with Gasteiger partial charge in [-0.1, -0.05) is 12.8 Å². The van der Waals surface area contributed by atoms with E-state index in [0.717, 1.165) is 25.7 Å². The van der Waals surface area contributed by atoms with Gasteiger partial charge in [-0.25, -0.2) is 4.72 Å². The quantitative estimate of drug-likeness (QED) is 0.792. The lowest BCUT2D eigenvalue weighted by Crippen LogP contribution is -2.53. The Morgan fingerprint density at radius 3 is 2.40 bits per heavy atom. The average Bonchev–Trinajstić information content (AvgIpc) is 2.37. The van der Waals surface area contributed by atoms with Crippen LogP contribution in [0.25, 0.3) is 0 Å². The van der Waals surface area contributed by atoms with Gasteiger partial charge in [0.15, 0.2) is 0 Å². The molecule has 118 valence electrons. The van der Waals surface area contributed by atoms with Gasteiger partial charge in [0.1, 0.15) is 0 Å².